The van der Waals surface area contributed by atoms with E-state index in [0.717, 1.165) is 21.5 Å². The van der Waals surface area contributed by atoms with E-state index in [1.807, 2.05) is 25.1 Å². The Labute approximate surface area is 161 Å². The molecule has 0 fully saturated rings. The van der Waals surface area contributed by atoms with E-state index >= 15 is 0 Å². The van der Waals surface area contributed by atoms with Crippen molar-refractivity contribution in [2.24, 2.45) is 0 Å². The molecular weight excluding hydrogens is 376 g/mol. The number of rotatable bonds is 5. The average Bonchev–Trinajstić information content (AvgIpc) is 2.48. The molecule has 0 spiro atoms. The van der Waals surface area contributed by atoms with E-state index in [9.17, 15) is 9.50 Å². The molecule has 1 N–H and O–H groups in total. The summed E-state index contributed by atoms with van der Waals surface area (Å²) in [5.74, 6) is 0.212. The number of nitrogens with zero attached hydrogens (tertiary/aromatic N) is 1. The van der Waals surface area contributed by atoms with Crippen LogP contribution in [-0.4, -0.2) is 35.3 Å². The molecule has 1 unspecified atom stereocenters. The van der Waals surface area contributed by atoms with E-state index in [0.29, 0.717) is 14.3 Å². The van der Waals surface area contributed by atoms with Gasteiger partial charge in [-0.15, -0.1) is 0 Å². The summed E-state index contributed by atoms with van der Waals surface area (Å²) in [6, 6.07) is 9.36. The van der Waals surface area contributed by atoms with E-state index in [-0.39, 0.29) is 5.82 Å². The van der Waals surface area contributed by atoms with E-state index in [2.05, 4.69) is 51.4 Å². The topological polar surface area (TPSA) is 23.5 Å². The lowest BCUT2D eigenvalue weighted by molar-refractivity contribution is 0.484. The fourth-order valence-electron chi connectivity index (χ4n) is 2.86. The zero-order valence-corrected chi connectivity index (χ0v) is 20.2. The first kappa shape index (κ1) is 21.1. The minimum absolute atomic E-state index is 0.231. The third-order valence-electron chi connectivity index (χ3n) is 4.49. The minimum atomic E-state index is -1.67. The van der Waals surface area contributed by atoms with Gasteiger partial charge in [0.2, 0.25) is 0 Å². The third-order valence-corrected chi connectivity index (χ3v) is 9.86. The Hall–Kier alpha value is -1.17. The molecule has 2 aromatic rings. The minimum Gasteiger partial charge on any atom is -0.507 e. The van der Waals surface area contributed by atoms with Crippen molar-refractivity contribution in [1.29, 1.82) is 0 Å². The molecule has 0 radical (unpaired) electrons. The van der Waals surface area contributed by atoms with Crippen molar-refractivity contribution in [2.75, 3.05) is 19.0 Å². The number of phenols is 1. The van der Waals surface area contributed by atoms with Crippen molar-refractivity contribution in [3.05, 3.63) is 36.1 Å². The van der Waals surface area contributed by atoms with Crippen molar-refractivity contribution >= 4 is 51.4 Å². The lowest BCUT2D eigenvalue weighted by Crippen LogP contribution is -2.47. The second kappa shape index (κ2) is 7.45. The Morgan fingerprint density at radius 1 is 0.885 bits per heavy atom. The summed E-state index contributed by atoms with van der Waals surface area (Å²) >= 11 is 0. The second-order valence-corrected chi connectivity index (χ2v) is 20.5. The highest BCUT2D eigenvalue weighted by molar-refractivity contribution is 7.56. The number of hydrogen-bond donors (Lipinski definition) is 1. The summed E-state index contributed by atoms with van der Waals surface area (Å²) in [6.07, 6.45) is 0. The molecule has 1 atom stereocenters. The Bertz CT molecular complexity index is 811. The van der Waals surface area contributed by atoms with Crippen LogP contribution in [0.1, 0.15) is 0 Å². The molecule has 142 valence electrons. The van der Waals surface area contributed by atoms with E-state index in [1.54, 1.807) is 6.07 Å². The van der Waals surface area contributed by atoms with Gasteiger partial charge in [-0.05, 0) is 23.4 Å². The number of halogens is 1. The van der Waals surface area contributed by atoms with Crippen LogP contribution >= 0.6 is 8.58 Å². The molecule has 0 aliphatic rings. The highest BCUT2D eigenvalue weighted by Crippen LogP contribution is 2.25. The SMILES string of the molecule is CN(C)c1cc(F)ccc1Pc1cc([Si](C)(C)C)cc([Si](C)(C)C)c1O. The Morgan fingerprint density at radius 2 is 1.50 bits per heavy atom. The molecule has 2 aromatic carbocycles. The monoisotopic (exact) mass is 407 g/mol. The quantitative estimate of drug-likeness (QED) is 0.607. The predicted molar refractivity (Wildman–Crippen MR) is 122 cm³/mol. The summed E-state index contributed by atoms with van der Waals surface area (Å²) in [4.78, 5) is 1.93. The first-order chi connectivity index (χ1) is 11.8. The first-order valence-corrected chi connectivity index (χ1v) is 16.9. The van der Waals surface area contributed by atoms with Gasteiger partial charge in [-0.25, -0.2) is 4.39 Å². The summed E-state index contributed by atoms with van der Waals surface area (Å²) in [6.45, 7) is 13.8. The molecule has 0 aromatic heterocycles. The van der Waals surface area contributed by atoms with Gasteiger partial charge in [-0.3, -0.25) is 0 Å². The number of phenolic OH excluding ortho intramolecular Hbond substituents is 1. The predicted octanol–water partition coefficient (Wildman–Crippen LogP) is 3.32. The van der Waals surface area contributed by atoms with Crippen molar-refractivity contribution in [2.45, 2.75) is 39.3 Å². The summed E-state index contributed by atoms with van der Waals surface area (Å²) < 4.78 is 13.7. The van der Waals surface area contributed by atoms with Gasteiger partial charge in [0.05, 0.1) is 16.1 Å². The average molecular weight is 408 g/mol. The largest absolute Gasteiger partial charge is 0.507 e. The van der Waals surface area contributed by atoms with Crippen LogP contribution < -0.4 is 25.9 Å². The molecule has 0 amide bonds. The fourth-order valence-corrected chi connectivity index (χ4v) is 7.22. The molecule has 0 aliphatic heterocycles. The van der Waals surface area contributed by atoms with Gasteiger partial charge in [0, 0.05) is 30.4 Å². The van der Waals surface area contributed by atoms with Gasteiger partial charge in [0.25, 0.3) is 0 Å². The Kier molecular flexibility index (Phi) is 6.06. The van der Waals surface area contributed by atoms with Crippen LogP contribution in [0.25, 0.3) is 0 Å². The van der Waals surface area contributed by atoms with Crippen LogP contribution in [0.15, 0.2) is 30.3 Å². The van der Waals surface area contributed by atoms with Gasteiger partial charge in [-0.1, -0.05) is 65.2 Å². The smallest absolute Gasteiger partial charge is 0.125 e. The molecule has 26 heavy (non-hydrogen) atoms. The second-order valence-electron chi connectivity index (χ2n) is 9.10. The molecule has 0 aliphatic carbocycles. The maximum atomic E-state index is 13.7. The number of benzene rings is 2. The van der Waals surface area contributed by atoms with Crippen LogP contribution in [0.5, 0.6) is 5.75 Å². The summed E-state index contributed by atoms with van der Waals surface area (Å²) in [5.41, 5.74) is 0.871. The highest BCUT2D eigenvalue weighted by atomic mass is 31.1. The van der Waals surface area contributed by atoms with Crippen LogP contribution in [0.2, 0.25) is 39.3 Å². The summed E-state index contributed by atoms with van der Waals surface area (Å²) in [5, 5.41) is 15.6. The maximum Gasteiger partial charge on any atom is 0.125 e. The third kappa shape index (κ3) is 4.76. The maximum absolute atomic E-state index is 13.7. The molecule has 0 heterocycles. The van der Waals surface area contributed by atoms with Crippen LogP contribution in [0.3, 0.4) is 0 Å². The van der Waals surface area contributed by atoms with E-state index in [4.69, 9.17) is 0 Å². The van der Waals surface area contributed by atoms with Gasteiger partial charge in [-0.2, -0.15) is 0 Å². The van der Waals surface area contributed by atoms with Crippen molar-refractivity contribution in [3.63, 3.8) is 0 Å². The van der Waals surface area contributed by atoms with E-state index < -0.39 is 16.1 Å². The first-order valence-electron chi connectivity index (χ1n) is 8.92. The van der Waals surface area contributed by atoms with Crippen molar-refractivity contribution < 1.29 is 9.50 Å². The van der Waals surface area contributed by atoms with Crippen molar-refractivity contribution in [1.82, 2.24) is 0 Å². The lowest BCUT2D eigenvalue weighted by Gasteiger charge is -2.26. The van der Waals surface area contributed by atoms with Crippen molar-refractivity contribution in [3.8, 4) is 5.75 Å². The molecule has 6 heteroatoms. The van der Waals surface area contributed by atoms with Gasteiger partial charge >= 0.3 is 0 Å². The van der Waals surface area contributed by atoms with Crippen LogP contribution in [0.4, 0.5) is 10.1 Å². The van der Waals surface area contributed by atoms with Crippen LogP contribution in [0, 0.1) is 5.82 Å². The number of hydrogen-bond acceptors (Lipinski definition) is 2. The molecule has 0 saturated heterocycles. The summed E-state index contributed by atoms with van der Waals surface area (Å²) in [7, 11) is 0.962. The van der Waals surface area contributed by atoms with Gasteiger partial charge in [0.15, 0.2) is 0 Å². The fraction of sp³-hybridized carbons (Fsp3) is 0.400. The molecule has 2 rings (SSSR count). The zero-order chi connectivity index (χ0) is 19.9. The molecule has 2 nitrogen and oxygen atoms in total. The zero-order valence-electron chi connectivity index (χ0n) is 17.2. The normalized spacial score (nSPS) is 12.8. The van der Waals surface area contributed by atoms with Gasteiger partial charge in [0.1, 0.15) is 11.6 Å². The molecule has 0 saturated carbocycles. The highest BCUT2D eigenvalue weighted by Gasteiger charge is 2.27. The molecular formula is C20H31FNOPSi2. The Morgan fingerprint density at radius 3 is 2.00 bits per heavy atom. The Balaban J connectivity index is 2.63. The lowest BCUT2D eigenvalue weighted by atomic mass is 10.3. The van der Waals surface area contributed by atoms with E-state index in [1.165, 1.54) is 11.3 Å². The van der Waals surface area contributed by atoms with Crippen LogP contribution in [-0.2, 0) is 0 Å². The standard InChI is InChI=1S/C20H31FNOPSi2/c1-22(2)16-11-14(21)9-10-17(16)24-18-12-15(25(3,4)5)13-19(20(18)23)26(6,7)8/h9-13,23-24H,1-8H3. The number of aromatic hydroxyl groups is 1. The van der Waals surface area contributed by atoms with Gasteiger partial charge < -0.3 is 10.0 Å². The molecule has 0 bridgehead atoms. The number of anilines is 1.